The van der Waals surface area contributed by atoms with Crippen LogP contribution >= 0.6 is 23.1 Å². The van der Waals surface area contributed by atoms with Gasteiger partial charge in [0.1, 0.15) is 10.5 Å². The molecule has 0 saturated heterocycles. The van der Waals surface area contributed by atoms with Gasteiger partial charge in [0.05, 0.1) is 11.3 Å². The number of hydrogen-bond donors (Lipinski definition) is 2. The van der Waals surface area contributed by atoms with Crippen LogP contribution in [0.1, 0.15) is 16.4 Å². The molecule has 0 radical (unpaired) electrons. The molecule has 0 unspecified atom stereocenters. The Morgan fingerprint density at radius 2 is 2.30 bits per heavy atom. The summed E-state index contributed by atoms with van der Waals surface area (Å²) in [6.45, 7) is 0. The SMILES string of the molecule is O=C(O)c1ccc(SCc2nc3ccsc3c(=O)[nH]2)o1. The molecule has 0 amide bonds. The molecule has 8 heteroatoms. The molecule has 6 nitrogen and oxygen atoms in total. The van der Waals surface area contributed by atoms with E-state index >= 15 is 0 Å². The van der Waals surface area contributed by atoms with Crippen molar-refractivity contribution in [1.29, 1.82) is 0 Å². The number of thiophene rings is 1. The third-order valence-electron chi connectivity index (χ3n) is 2.51. The number of aromatic nitrogens is 2. The molecule has 0 saturated carbocycles. The van der Waals surface area contributed by atoms with E-state index in [-0.39, 0.29) is 11.3 Å². The van der Waals surface area contributed by atoms with E-state index in [2.05, 4.69) is 9.97 Å². The van der Waals surface area contributed by atoms with Gasteiger partial charge in [-0.05, 0) is 23.6 Å². The largest absolute Gasteiger partial charge is 0.475 e. The topological polar surface area (TPSA) is 96.2 Å². The number of rotatable bonds is 4. The molecule has 3 heterocycles. The summed E-state index contributed by atoms with van der Waals surface area (Å²) in [7, 11) is 0. The lowest BCUT2D eigenvalue weighted by atomic mass is 10.4. The minimum Gasteiger partial charge on any atom is -0.475 e. The lowest BCUT2D eigenvalue weighted by molar-refractivity contribution is 0.0656. The Morgan fingerprint density at radius 3 is 3.05 bits per heavy atom. The molecule has 0 bridgehead atoms. The van der Waals surface area contributed by atoms with Gasteiger partial charge in [-0.25, -0.2) is 9.78 Å². The van der Waals surface area contributed by atoms with Crippen molar-refractivity contribution in [1.82, 2.24) is 9.97 Å². The lowest BCUT2D eigenvalue weighted by Crippen LogP contribution is -2.09. The maximum atomic E-state index is 11.8. The maximum Gasteiger partial charge on any atom is 0.371 e. The first-order valence-corrected chi connectivity index (χ1v) is 7.42. The first-order chi connectivity index (χ1) is 9.63. The smallest absolute Gasteiger partial charge is 0.371 e. The van der Waals surface area contributed by atoms with Crippen molar-refractivity contribution in [2.45, 2.75) is 10.8 Å². The van der Waals surface area contributed by atoms with Crippen molar-refractivity contribution in [2.75, 3.05) is 0 Å². The number of carboxylic acids is 1. The van der Waals surface area contributed by atoms with Crippen LogP contribution < -0.4 is 5.56 Å². The number of aromatic carboxylic acids is 1. The van der Waals surface area contributed by atoms with E-state index in [1.807, 2.05) is 5.38 Å². The molecule has 3 aromatic heterocycles. The molecule has 0 aliphatic heterocycles. The third kappa shape index (κ3) is 2.47. The van der Waals surface area contributed by atoms with E-state index in [0.29, 0.717) is 26.9 Å². The van der Waals surface area contributed by atoms with Crippen LogP contribution in [0.2, 0.25) is 0 Å². The summed E-state index contributed by atoms with van der Waals surface area (Å²) in [5, 5.41) is 11.0. The van der Waals surface area contributed by atoms with Gasteiger partial charge < -0.3 is 14.5 Å². The molecule has 0 aliphatic carbocycles. The van der Waals surface area contributed by atoms with Crippen LogP contribution in [0.4, 0.5) is 0 Å². The van der Waals surface area contributed by atoms with Crippen molar-refractivity contribution in [3.05, 3.63) is 45.5 Å². The fraction of sp³-hybridized carbons (Fsp3) is 0.0833. The molecule has 0 spiro atoms. The Hall–Kier alpha value is -2.06. The minimum absolute atomic E-state index is 0.109. The van der Waals surface area contributed by atoms with Crippen molar-refractivity contribution in [3.63, 3.8) is 0 Å². The van der Waals surface area contributed by atoms with Gasteiger partial charge >= 0.3 is 5.97 Å². The molecule has 3 aromatic rings. The van der Waals surface area contributed by atoms with Crippen molar-refractivity contribution < 1.29 is 14.3 Å². The monoisotopic (exact) mass is 308 g/mol. The van der Waals surface area contributed by atoms with E-state index in [4.69, 9.17) is 9.52 Å². The zero-order valence-electron chi connectivity index (χ0n) is 9.95. The van der Waals surface area contributed by atoms with Crippen LogP contribution in [-0.2, 0) is 5.75 Å². The summed E-state index contributed by atoms with van der Waals surface area (Å²) < 4.78 is 5.72. The first-order valence-electron chi connectivity index (χ1n) is 5.56. The average molecular weight is 308 g/mol. The molecule has 0 fully saturated rings. The standard InChI is InChI=1S/C12H8N2O4S2/c15-11-10-6(3-4-19-10)13-8(14-11)5-20-9-2-1-7(18-9)12(16)17/h1-4H,5H2,(H,16,17)(H,13,14,15). The van der Waals surface area contributed by atoms with Crippen LogP contribution in [0.25, 0.3) is 10.2 Å². The van der Waals surface area contributed by atoms with Crippen molar-refractivity contribution in [2.24, 2.45) is 0 Å². The summed E-state index contributed by atoms with van der Waals surface area (Å²) in [6.07, 6.45) is 0. The second-order valence-corrected chi connectivity index (χ2v) is 5.76. The number of carboxylic acid groups (broad SMARTS) is 1. The highest BCUT2D eigenvalue weighted by atomic mass is 32.2. The molecule has 0 atom stereocenters. The minimum atomic E-state index is -1.11. The molecule has 102 valence electrons. The number of fused-ring (bicyclic) bond motifs is 1. The summed E-state index contributed by atoms with van der Waals surface area (Å²) in [4.78, 5) is 29.5. The van der Waals surface area contributed by atoms with Crippen molar-refractivity contribution >= 4 is 39.3 Å². The molecule has 0 aromatic carbocycles. The Labute approximate surface area is 120 Å². The number of carbonyl (C=O) groups is 1. The Kier molecular flexibility index (Phi) is 3.33. The molecular weight excluding hydrogens is 300 g/mol. The van der Waals surface area contributed by atoms with Crippen LogP contribution in [0, 0.1) is 0 Å². The van der Waals surface area contributed by atoms with E-state index in [0.717, 1.165) is 0 Å². The summed E-state index contributed by atoms with van der Waals surface area (Å²) in [6, 6.07) is 4.76. The zero-order chi connectivity index (χ0) is 14.1. The highest BCUT2D eigenvalue weighted by Crippen LogP contribution is 2.24. The van der Waals surface area contributed by atoms with Crippen LogP contribution in [0.5, 0.6) is 0 Å². The summed E-state index contributed by atoms with van der Waals surface area (Å²) in [5.74, 6) is -0.294. The van der Waals surface area contributed by atoms with Gasteiger partial charge in [0, 0.05) is 0 Å². The van der Waals surface area contributed by atoms with Gasteiger partial charge in [0.25, 0.3) is 5.56 Å². The number of thioether (sulfide) groups is 1. The second-order valence-electron chi connectivity index (χ2n) is 3.86. The molecule has 2 N–H and O–H groups in total. The number of furan rings is 1. The van der Waals surface area contributed by atoms with E-state index in [1.165, 1.54) is 29.2 Å². The van der Waals surface area contributed by atoms with Gasteiger partial charge in [-0.15, -0.1) is 11.3 Å². The zero-order valence-corrected chi connectivity index (χ0v) is 11.6. The van der Waals surface area contributed by atoms with E-state index < -0.39 is 5.97 Å². The second kappa shape index (κ2) is 5.14. The summed E-state index contributed by atoms with van der Waals surface area (Å²) >= 11 is 2.62. The number of nitrogens with zero attached hydrogens (tertiary/aromatic N) is 1. The summed E-state index contributed by atoms with van der Waals surface area (Å²) in [5.41, 5.74) is 0.506. The number of nitrogens with one attached hydrogen (secondary N) is 1. The number of aromatic amines is 1. The number of hydrogen-bond acceptors (Lipinski definition) is 6. The third-order valence-corrected chi connectivity index (χ3v) is 4.33. The van der Waals surface area contributed by atoms with Crippen LogP contribution in [0.3, 0.4) is 0 Å². The van der Waals surface area contributed by atoms with E-state index in [9.17, 15) is 9.59 Å². The Bertz CT molecular complexity index is 833. The predicted molar refractivity (Wildman–Crippen MR) is 75.5 cm³/mol. The first kappa shape index (κ1) is 12.9. The molecular formula is C12H8N2O4S2. The van der Waals surface area contributed by atoms with Gasteiger partial charge in [-0.2, -0.15) is 0 Å². The normalized spacial score (nSPS) is 11.0. The molecule has 3 rings (SSSR count). The lowest BCUT2D eigenvalue weighted by Gasteiger charge is -1.99. The predicted octanol–water partition coefficient (Wildman–Crippen LogP) is 2.57. The van der Waals surface area contributed by atoms with Gasteiger partial charge in [0.15, 0.2) is 5.09 Å². The van der Waals surface area contributed by atoms with Crippen molar-refractivity contribution in [3.8, 4) is 0 Å². The maximum absolute atomic E-state index is 11.8. The Balaban J connectivity index is 1.79. The number of H-pyrrole nitrogens is 1. The fourth-order valence-electron chi connectivity index (χ4n) is 1.64. The molecule has 20 heavy (non-hydrogen) atoms. The van der Waals surface area contributed by atoms with Crippen LogP contribution in [-0.4, -0.2) is 21.0 Å². The highest BCUT2D eigenvalue weighted by Gasteiger charge is 2.10. The molecule has 0 aliphatic rings. The van der Waals surface area contributed by atoms with Crippen LogP contribution in [0.15, 0.2) is 37.9 Å². The van der Waals surface area contributed by atoms with Gasteiger partial charge in [0.2, 0.25) is 5.76 Å². The van der Waals surface area contributed by atoms with E-state index in [1.54, 1.807) is 12.1 Å². The highest BCUT2D eigenvalue weighted by molar-refractivity contribution is 7.98. The average Bonchev–Trinajstić information content (AvgIpc) is 3.05. The quantitative estimate of drug-likeness (QED) is 0.719. The Morgan fingerprint density at radius 1 is 1.45 bits per heavy atom. The fourth-order valence-corrected chi connectivity index (χ4v) is 3.10. The van der Waals surface area contributed by atoms with Gasteiger partial charge in [-0.1, -0.05) is 11.8 Å². The van der Waals surface area contributed by atoms with Gasteiger partial charge in [-0.3, -0.25) is 4.79 Å².